The molecule has 2 heteroatoms. The van der Waals surface area contributed by atoms with Gasteiger partial charge in [-0.1, -0.05) is 87.5 Å². The normalized spacial score (nSPS) is 41.8. The van der Waals surface area contributed by atoms with Gasteiger partial charge in [-0.25, -0.2) is 0 Å². The molecule has 2 nitrogen and oxygen atoms in total. The summed E-state index contributed by atoms with van der Waals surface area (Å²) in [6.45, 7) is 7.36. The summed E-state index contributed by atoms with van der Waals surface area (Å²) in [5.41, 5.74) is 3.65. The highest BCUT2D eigenvalue weighted by Crippen LogP contribution is 2.72. The number of allylic oxidation sites excluding steroid dienone is 1. The predicted octanol–water partition coefficient (Wildman–Crippen LogP) is 8.50. The number of benzene rings is 2. The highest BCUT2D eigenvalue weighted by atomic mass is 16.5. The average molecular weight is 509 g/mol. The van der Waals surface area contributed by atoms with Gasteiger partial charge in [-0.05, 0) is 103 Å². The smallest absolute Gasteiger partial charge is 0.166 e. The summed E-state index contributed by atoms with van der Waals surface area (Å²) in [5, 5.41) is 0. The molecular weight excluding hydrogens is 464 g/mol. The van der Waals surface area contributed by atoms with Gasteiger partial charge in [0.15, 0.2) is 5.78 Å². The third kappa shape index (κ3) is 3.51. The van der Waals surface area contributed by atoms with Gasteiger partial charge in [-0.15, -0.1) is 0 Å². The van der Waals surface area contributed by atoms with Crippen LogP contribution in [0.4, 0.5) is 0 Å². The Kier molecular flexibility index (Phi) is 5.82. The Bertz CT molecular complexity index is 1190. The molecule has 0 unspecified atom stereocenters. The van der Waals surface area contributed by atoms with Gasteiger partial charge in [0.2, 0.25) is 0 Å². The minimum Gasteiger partial charge on any atom is -0.363 e. The molecule has 1 spiro atoms. The van der Waals surface area contributed by atoms with E-state index in [2.05, 4.69) is 87.5 Å². The zero-order valence-corrected chi connectivity index (χ0v) is 23.5. The largest absolute Gasteiger partial charge is 0.363 e. The topological polar surface area (TPSA) is 26.3 Å². The van der Waals surface area contributed by atoms with Crippen LogP contribution < -0.4 is 0 Å². The molecule has 0 amide bonds. The number of carbonyl (C=O) groups is 1. The van der Waals surface area contributed by atoms with Gasteiger partial charge in [0.05, 0.1) is 6.10 Å². The van der Waals surface area contributed by atoms with E-state index in [0.717, 1.165) is 19.3 Å². The molecule has 0 aromatic heterocycles. The van der Waals surface area contributed by atoms with Crippen molar-refractivity contribution in [3.63, 3.8) is 0 Å². The molecule has 2 aromatic carbocycles. The summed E-state index contributed by atoms with van der Waals surface area (Å²) in [5.74, 6) is 3.48. The van der Waals surface area contributed by atoms with Crippen molar-refractivity contribution in [2.45, 2.75) is 90.3 Å². The summed E-state index contributed by atoms with van der Waals surface area (Å²) >= 11 is 0. The molecule has 38 heavy (non-hydrogen) atoms. The number of carbonyl (C=O) groups excluding carboxylic acids is 1. The van der Waals surface area contributed by atoms with E-state index in [-0.39, 0.29) is 10.8 Å². The van der Waals surface area contributed by atoms with Gasteiger partial charge in [0, 0.05) is 11.8 Å². The maximum atomic E-state index is 14.2. The van der Waals surface area contributed by atoms with Crippen LogP contribution in [0.5, 0.6) is 0 Å². The van der Waals surface area contributed by atoms with Gasteiger partial charge < -0.3 is 4.74 Å². The van der Waals surface area contributed by atoms with E-state index in [4.69, 9.17) is 4.74 Å². The first-order valence-corrected chi connectivity index (χ1v) is 15.4. The van der Waals surface area contributed by atoms with Crippen LogP contribution in [0.1, 0.15) is 89.7 Å². The molecule has 6 aliphatic rings. The first-order chi connectivity index (χ1) is 18.3. The van der Waals surface area contributed by atoms with Gasteiger partial charge in [0.1, 0.15) is 5.60 Å². The van der Waals surface area contributed by atoms with Crippen LogP contribution in [0.2, 0.25) is 0 Å². The third-order valence-corrected chi connectivity index (χ3v) is 12.3. The van der Waals surface area contributed by atoms with Crippen molar-refractivity contribution < 1.29 is 9.53 Å². The van der Waals surface area contributed by atoms with Crippen LogP contribution in [-0.2, 0) is 9.53 Å². The zero-order chi connectivity index (χ0) is 26.1. The van der Waals surface area contributed by atoms with E-state index < -0.39 is 5.60 Å². The fourth-order valence-corrected chi connectivity index (χ4v) is 10.3. The van der Waals surface area contributed by atoms with Gasteiger partial charge in [-0.2, -0.15) is 0 Å². The molecule has 4 aliphatic carbocycles. The molecule has 2 saturated heterocycles. The maximum Gasteiger partial charge on any atom is 0.166 e. The monoisotopic (exact) mass is 508 g/mol. The highest BCUT2D eigenvalue weighted by Gasteiger charge is 2.74. The fourth-order valence-electron chi connectivity index (χ4n) is 10.3. The van der Waals surface area contributed by atoms with Gasteiger partial charge in [0.25, 0.3) is 0 Å². The van der Waals surface area contributed by atoms with Crippen LogP contribution in [0.25, 0.3) is 5.57 Å². The molecule has 0 radical (unpaired) electrons. The number of ketones is 1. The number of Topliss-reactive ketones (excluding diaryl/α,β-unsaturated/α-hetero) is 1. The Balaban J connectivity index is 1.15. The SMILES string of the molecule is C[C@H](CC=C(c1ccccc1)c1ccccc1)[C@@H]1C[C@@H]2[C@@H]3CC[C@@H]4C[C@H]5CC[C@]4(C)[C@@]3(O5)C(=O)C[C@]2(C)C1. The van der Waals surface area contributed by atoms with Crippen LogP contribution in [0.15, 0.2) is 66.7 Å². The van der Waals surface area contributed by atoms with Crippen molar-refractivity contribution >= 4 is 11.4 Å². The summed E-state index contributed by atoms with van der Waals surface area (Å²) in [4.78, 5) is 14.2. The lowest BCUT2D eigenvalue weighted by Crippen LogP contribution is -2.74. The first-order valence-electron chi connectivity index (χ1n) is 15.4. The van der Waals surface area contributed by atoms with Crippen molar-refractivity contribution in [1.29, 1.82) is 0 Å². The second kappa shape index (κ2) is 8.91. The molecule has 2 aliphatic heterocycles. The first kappa shape index (κ1) is 24.8. The van der Waals surface area contributed by atoms with E-state index in [9.17, 15) is 4.79 Å². The lowest BCUT2D eigenvalue weighted by Gasteiger charge is -2.70. The number of hydrogen-bond donors (Lipinski definition) is 0. The Morgan fingerprint density at radius 2 is 1.63 bits per heavy atom. The van der Waals surface area contributed by atoms with E-state index in [1.54, 1.807) is 0 Å². The molecule has 6 fully saturated rings. The fraction of sp³-hybridized carbons (Fsp3) is 0.583. The zero-order valence-electron chi connectivity index (χ0n) is 23.5. The number of ether oxygens (including phenoxy) is 1. The van der Waals surface area contributed by atoms with E-state index >= 15 is 0 Å². The van der Waals surface area contributed by atoms with Crippen molar-refractivity contribution in [1.82, 2.24) is 0 Å². The molecule has 200 valence electrons. The number of rotatable bonds is 5. The predicted molar refractivity (Wildman–Crippen MR) is 153 cm³/mol. The molecule has 4 saturated carbocycles. The number of fused-ring (bicyclic) bond motifs is 3. The third-order valence-electron chi connectivity index (χ3n) is 12.3. The standard InChI is InChI=1S/C36H44O2/c1-24(14-16-30(25-10-6-4-7-11-25)26-12-8-5-9-13-26)27-20-32-31-17-15-28-21-29-18-19-35(28,3)36(31,38-29)33(37)23-34(32,2)22-27/h4-13,16,24,27-29,31-32H,14-15,17-23H2,1-3H3/t24-,27-,28-,29-,31+,32-,34+,35+,36+/m1/s1. The van der Waals surface area contributed by atoms with Crippen molar-refractivity contribution in [2.24, 2.45) is 40.4 Å². The maximum absolute atomic E-state index is 14.2. The van der Waals surface area contributed by atoms with Crippen molar-refractivity contribution in [3.8, 4) is 0 Å². The van der Waals surface area contributed by atoms with Crippen LogP contribution in [0, 0.1) is 40.4 Å². The van der Waals surface area contributed by atoms with Crippen molar-refractivity contribution in [3.05, 3.63) is 77.9 Å². The minimum atomic E-state index is -0.479. The molecular formula is C36H44O2. The molecule has 0 N–H and O–H groups in total. The Morgan fingerprint density at radius 3 is 2.32 bits per heavy atom. The molecule has 9 atom stereocenters. The summed E-state index contributed by atoms with van der Waals surface area (Å²) < 4.78 is 6.93. The molecule has 4 bridgehead atoms. The van der Waals surface area contributed by atoms with E-state index in [1.807, 2.05) is 0 Å². The van der Waals surface area contributed by atoms with Crippen molar-refractivity contribution in [2.75, 3.05) is 0 Å². The summed E-state index contributed by atoms with van der Waals surface area (Å²) in [6, 6.07) is 21.7. The van der Waals surface area contributed by atoms with E-state index in [0.29, 0.717) is 41.5 Å². The molecule has 8 rings (SSSR count). The highest BCUT2D eigenvalue weighted by molar-refractivity contribution is 5.91. The Hall–Kier alpha value is -2.19. The number of hydrogen-bond acceptors (Lipinski definition) is 2. The summed E-state index contributed by atoms with van der Waals surface area (Å²) in [7, 11) is 0. The minimum absolute atomic E-state index is 0.0653. The lowest BCUT2D eigenvalue weighted by molar-refractivity contribution is -0.306. The Morgan fingerprint density at radius 1 is 0.947 bits per heavy atom. The van der Waals surface area contributed by atoms with Crippen LogP contribution >= 0.6 is 0 Å². The quantitative estimate of drug-likeness (QED) is 0.405. The Labute approximate surface area is 229 Å². The average Bonchev–Trinajstić information content (AvgIpc) is 3.27. The van der Waals surface area contributed by atoms with Gasteiger partial charge in [-0.3, -0.25) is 4.79 Å². The van der Waals surface area contributed by atoms with Gasteiger partial charge >= 0.3 is 0 Å². The van der Waals surface area contributed by atoms with Crippen LogP contribution in [-0.4, -0.2) is 17.5 Å². The second-order valence-electron chi connectivity index (χ2n) is 14.2. The lowest BCUT2D eigenvalue weighted by atomic mass is 9.41. The summed E-state index contributed by atoms with van der Waals surface area (Å²) in [6.07, 6.45) is 13.2. The van der Waals surface area contributed by atoms with E-state index in [1.165, 1.54) is 55.2 Å². The van der Waals surface area contributed by atoms with Crippen LogP contribution in [0.3, 0.4) is 0 Å². The molecule has 2 heterocycles. The second-order valence-corrected chi connectivity index (χ2v) is 14.2. The molecule has 2 aromatic rings.